The lowest BCUT2D eigenvalue weighted by molar-refractivity contribution is -0.143. The van der Waals surface area contributed by atoms with Crippen LogP contribution in [0.25, 0.3) is 11.2 Å². The first-order chi connectivity index (χ1) is 15.1. The van der Waals surface area contributed by atoms with E-state index in [9.17, 15) is 4.79 Å². The van der Waals surface area contributed by atoms with Crippen molar-refractivity contribution in [2.24, 2.45) is 5.73 Å². The van der Waals surface area contributed by atoms with Crippen LogP contribution in [-0.4, -0.2) is 50.7 Å². The molecule has 2 aromatic rings. The highest BCUT2D eigenvalue weighted by molar-refractivity contribution is 5.84. The molecular weight excluding hydrogens is 394 g/mol. The van der Waals surface area contributed by atoms with Crippen LogP contribution in [0.2, 0.25) is 0 Å². The van der Waals surface area contributed by atoms with Crippen LogP contribution >= 0.6 is 0 Å². The number of aromatic nitrogens is 4. The topological polar surface area (TPSA) is 120 Å². The quantitative estimate of drug-likeness (QED) is 0.410. The highest BCUT2D eigenvalue weighted by atomic mass is 16.5. The van der Waals surface area contributed by atoms with Gasteiger partial charge in [-0.2, -0.15) is 9.97 Å². The van der Waals surface area contributed by atoms with Crippen molar-refractivity contribution in [3.8, 4) is 0 Å². The second kappa shape index (κ2) is 10.3. The Kier molecular flexibility index (Phi) is 7.21. The number of imidazole rings is 1. The number of esters is 1. The van der Waals surface area contributed by atoms with E-state index in [2.05, 4.69) is 20.2 Å². The number of nitrogens with two attached hydrogens (primary N) is 1. The minimum atomic E-state index is -0.166. The maximum atomic E-state index is 11.6. The van der Waals surface area contributed by atoms with Crippen molar-refractivity contribution in [1.29, 1.82) is 0 Å². The number of nitrogens with one attached hydrogen (secondary N) is 2. The largest absolute Gasteiger partial charge is 0.466 e. The van der Waals surface area contributed by atoms with Crippen molar-refractivity contribution in [3.63, 3.8) is 0 Å². The van der Waals surface area contributed by atoms with Gasteiger partial charge in [-0.3, -0.25) is 4.79 Å². The van der Waals surface area contributed by atoms with Gasteiger partial charge in [0.05, 0.1) is 12.9 Å². The van der Waals surface area contributed by atoms with Crippen LogP contribution in [0.5, 0.6) is 0 Å². The number of hydrogen-bond donors (Lipinski definition) is 3. The summed E-state index contributed by atoms with van der Waals surface area (Å²) in [6, 6.07) is 1.11. The van der Waals surface area contributed by atoms with Crippen LogP contribution in [0.4, 0.5) is 11.8 Å². The molecular formula is C22H35N7O2. The molecule has 0 amide bonds. The third-order valence-corrected chi connectivity index (χ3v) is 6.40. The summed E-state index contributed by atoms with van der Waals surface area (Å²) in [4.78, 5) is 25.9. The number of fused-ring (bicyclic) bond motifs is 1. The lowest BCUT2D eigenvalue weighted by atomic mass is 9.92. The van der Waals surface area contributed by atoms with Gasteiger partial charge in [0.2, 0.25) is 5.95 Å². The summed E-state index contributed by atoms with van der Waals surface area (Å²) in [5.74, 6) is 1.20. The molecule has 0 bridgehead atoms. The maximum Gasteiger partial charge on any atom is 0.305 e. The van der Waals surface area contributed by atoms with Crippen molar-refractivity contribution in [2.45, 2.75) is 89.3 Å². The monoisotopic (exact) mass is 429 g/mol. The number of nitrogens with zero attached hydrogens (tertiary/aromatic N) is 4. The number of hydrogen-bond acceptors (Lipinski definition) is 8. The molecule has 0 unspecified atom stereocenters. The molecule has 0 aromatic carbocycles. The van der Waals surface area contributed by atoms with Gasteiger partial charge in [0.1, 0.15) is 0 Å². The van der Waals surface area contributed by atoms with Crippen molar-refractivity contribution < 1.29 is 9.53 Å². The molecule has 2 aromatic heterocycles. The Balaban J connectivity index is 1.52. The minimum absolute atomic E-state index is 0.166. The van der Waals surface area contributed by atoms with E-state index in [4.69, 9.17) is 20.4 Å². The van der Waals surface area contributed by atoms with Crippen LogP contribution in [0.1, 0.15) is 77.2 Å². The average Bonchev–Trinajstić information content (AvgIpc) is 3.43. The Bertz CT molecular complexity index is 870. The lowest BCUT2D eigenvalue weighted by Crippen LogP contribution is -2.33. The molecule has 0 atom stereocenters. The van der Waals surface area contributed by atoms with Crippen molar-refractivity contribution in [1.82, 2.24) is 19.5 Å². The van der Waals surface area contributed by atoms with E-state index >= 15 is 0 Å². The van der Waals surface area contributed by atoms with Gasteiger partial charge in [0.15, 0.2) is 17.0 Å². The Morgan fingerprint density at radius 1 is 1.19 bits per heavy atom. The normalized spacial score (nSPS) is 22.0. The van der Waals surface area contributed by atoms with Crippen LogP contribution in [0.3, 0.4) is 0 Å². The molecule has 0 aliphatic heterocycles. The van der Waals surface area contributed by atoms with Crippen molar-refractivity contribution >= 4 is 28.9 Å². The van der Waals surface area contributed by atoms with Gasteiger partial charge in [-0.1, -0.05) is 12.8 Å². The predicted molar refractivity (Wildman–Crippen MR) is 121 cm³/mol. The molecule has 2 heterocycles. The fourth-order valence-corrected chi connectivity index (χ4v) is 4.67. The Labute approximate surface area is 183 Å². The molecule has 2 aliphatic carbocycles. The van der Waals surface area contributed by atoms with E-state index in [0.29, 0.717) is 50.1 Å². The Morgan fingerprint density at radius 2 is 1.97 bits per heavy atom. The maximum absolute atomic E-state index is 11.6. The third kappa shape index (κ3) is 5.44. The number of anilines is 2. The summed E-state index contributed by atoms with van der Waals surface area (Å²) in [6.45, 7) is 2.86. The molecule has 170 valence electrons. The number of carbonyl (C=O) groups is 1. The molecule has 9 heteroatoms. The molecule has 2 fully saturated rings. The zero-order chi connectivity index (χ0) is 21.6. The molecule has 31 heavy (non-hydrogen) atoms. The first-order valence-corrected chi connectivity index (χ1v) is 11.8. The average molecular weight is 430 g/mol. The zero-order valence-electron chi connectivity index (χ0n) is 18.5. The first-order valence-electron chi connectivity index (χ1n) is 11.8. The second-order valence-corrected chi connectivity index (χ2v) is 8.75. The second-order valence-electron chi connectivity index (χ2n) is 8.75. The van der Waals surface area contributed by atoms with Crippen molar-refractivity contribution in [2.75, 3.05) is 23.8 Å². The summed E-state index contributed by atoms with van der Waals surface area (Å²) in [5.41, 5.74) is 7.73. The third-order valence-electron chi connectivity index (χ3n) is 6.40. The smallest absolute Gasteiger partial charge is 0.305 e. The summed E-state index contributed by atoms with van der Waals surface area (Å²) in [7, 11) is 0. The summed E-state index contributed by atoms with van der Waals surface area (Å²) in [5, 5.41) is 6.91. The molecule has 4 rings (SSSR count). The van der Waals surface area contributed by atoms with Gasteiger partial charge in [0.25, 0.3) is 0 Å². The van der Waals surface area contributed by atoms with Crippen LogP contribution in [0.15, 0.2) is 6.33 Å². The molecule has 9 nitrogen and oxygen atoms in total. The molecule has 4 N–H and O–H groups in total. The molecule has 2 aliphatic rings. The lowest BCUT2D eigenvalue weighted by Gasteiger charge is -2.27. The highest BCUT2D eigenvalue weighted by Crippen LogP contribution is 2.33. The van der Waals surface area contributed by atoms with Crippen molar-refractivity contribution in [3.05, 3.63) is 6.33 Å². The molecule has 2 saturated carbocycles. The van der Waals surface area contributed by atoms with E-state index in [1.165, 1.54) is 25.7 Å². The van der Waals surface area contributed by atoms with Crippen LogP contribution in [0, 0.1) is 0 Å². The van der Waals surface area contributed by atoms with E-state index in [-0.39, 0.29) is 5.97 Å². The van der Waals surface area contributed by atoms with Gasteiger partial charge in [-0.15, -0.1) is 0 Å². The van der Waals surface area contributed by atoms with Gasteiger partial charge in [-0.25, -0.2) is 4.98 Å². The first kappa shape index (κ1) is 21.8. The fraction of sp³-hybridized carbons (Fsp3) is 0.727. The molecule has 0 spiro atoms. The minimum Gasteiger partial charge on any atom is -0.466 e. The van der Waals surface area contributed by atoms with Gasteiger partial charge >= 0.3 is 5.97 Å². The number of ether oxygens (including phenoxy) is 1. The van der Waals surface area contributed by atoms with Crippen LogP contribution < -0.4 is 16.4 Å². The van der Waals surface area contributed by atoms with Crippen LogP contribution in [-0.2, 0) is 9.53 Å². The SMILES string of the molecule is CCOC(=O)CCCNc1nc(N[C@H]2CC[C@H](N)CC2)nc2c1ncn2C1CCCC1. The highest BCUT2D eigenvalue weighted by Gasteiger charge is 2.23. The summed E-state index contributed by atoms with van der Waals surface area (Å²) < 4.78 is 7.23. The van der Waals surface area contributed by atoms with E-state index in [0.717, 1.165) is 42.7 Å². The van der Waals surface area contributed by atoms with E-state index < -0.39 is 0 Å². The Morgan fingerprint density at radius 3 is 2.71 bits per heavy atom. The Hall–Kier alpha value is -2.42. The fourth-order valence-electron chi connectivity index (χ4n) is 4.67. The van der Waals surface area contributed by atoms with Gasteiger partial charge in [-0.05, 0) is 51.9 Å². The number of rotatable bonds is 9. The van der Waals surface area contributed by atoms with Gasteiger partial charge < -0.3 is 25.7 Å². The predicted octanol–water partition coefficient (Wildman–Crippen LogP) is 3.38. The zero-order valence-corrected chi connectivity index (χ0v) is 18.5. The summed E-state index contributed by atoms with van der Waals surface area (Å²) in [6.07, 6.45) is 11.9. The molecule has 0 saturated heterocycles. The standard InChI is InChI=1S/C22H35N7O2/c1-2-31-18(30)8-5-13-24-20-19-21(29(14-25-19)17-6-3-4-7-17)28-22(27-20)26-16-11-9-15(23)10-12-16/h14-17H,2-13,23H2,1H3,(H2,24,26,27,28)/t15-,16-. The van der Waals surface area contributed by atoms with E-state index in [1.807, 2.05) is 13.3 Å². The number of carbonyl (C=O) groups excluding carboxylic acids is 1. The van der Waals surface area contributed by atoms with E-state index in [1.54, 1.807) is 0 Å². The molecule has 0 radical (unpaired) electrons. The summed E-state index contributed by atoms with van der Waals surface area (Å²) >= 11 is 0. The van der Waals surface area contributed by atoms with Gasteiger partial charge in [0, 0.05) is 31.1 Å².